The maximum absolute atomic E-state index is 12.6. The van der Waals surface area contributed by atoms with Crippen molar-refractivity contribution in [3.8, 4) is 0 Å². The van der Waals surface area contributed by atoms with Gasteiger partial charge in [-0.2, -0.15) is 0 Å². The third kappa shape index (κ3) is 3.50. The minimum absolute atomic E-state index is 0.0265. The number of hydrogen-bond donors (Lipinski definition) is 2. The number of nitrogens with zero attached hydrogens (tertiary/aromatic N) is 1. The van der Waals surface area contributed by atoms with Gasteiger partial charge < -0.3 is 15.3 Å². The Morgan fingerprint density at radius 2 is 2.32 bits per heavy atom. The lowest BCUT2D eigenvalue weighted by molar-refractivity contribution is 0.166. The van der Waals surface area contributed by atoms with Crippen molar-refractivity contribution in [1.29, 1.82) is 0 Å². The normalized spacial score (nSPS) is 17.8. The van der Waals surface area contributed by atoms with E-state index in [-0.39, 0.29) is 18.7 Å². The Morgan fingerprint density at radius 1 is 1.55 bits per heavy atom. The number of nitrogens with one attached hydrogen (secondary N) is 1. The summed E-state index contributed by atoms with van der Waals surface area (Å²) in [5.41, 5.74) is 3.10. The number of aliphatic hydroxyl groups is 1. The van der Waals surface area contributed by atoms with E-state index in [0.29, 0.717) is 12.5 Å². The van der Waals surface area contributed by atoms with Crippen LogP contribution in [0.1, 0.15) is 43.7 Å². The molecule has 1 saturated heterocycles. The Labute approximate surface area is 132 Å². The van der Waals surface area contributed by atoms with Crippen LogP contribution in [-0.4, -0.2) is 35.2 Å². The second kappa shape index (κ2) is 7.45. The quantitative estimate of drug-likeness (QED) is 0.818. The maximum atomic E-state index is 12.6. The molecule has 1 atom stereocenters. The van der Waals surface area contributed by atoms with Crippen LogP contribution in [0.5, 0.6) is 0 Å². The number of likely N-dealkylation sites (tertiary alicyclic amines) is 1. The van der Waals surface area contributed by atoms with E-state index in [1.807, 2.05) is 18.2 Å². The minimum Gasteiger partial charge on any atom is -0.394 e. The van der Waals surface area contributed by atoms with Crippen LogP contribution < -0.4 is 5.32 Å². The van der Waals surface area contributed by atoms with Gasteiger partial charge in [-0.05, 0) is 36.3 Å². The van der Waals surface area contributed by atoms with Crippen molar-refractivity contribution >= 4 is 11.7 Å². The molecule has 0 aliphatic carbocycles. The van der Waals surface area contributed by atoms with Crippen molar-refractivity contribution in [2.24, 2.45) is 0 Å². The topological polar surface area (TPSA) is 52.6 Å². The SMILES string of the molecule is C=CCc1cccc(C(C)C)c1NC(=O)N1CCC[C@@H]1CO. The summed E-state index contributed by atoms with van der Waals surface area (Å²) in [4.78, 5) is 14.3. The van der Waals surface area contributed by atoms with E-state index >= 15 is 0 Å². The molecule has 4 nitrogen and oxygen atoms in total. The van der Waals surface area contributed by atoms with Gasteiger partial charge in [0.1, 0.15) is 0 Å². The van der Waals surface area contributed by atoms with Gasteiger partial charge in [-0.25, -0.2) is 4.79 Å². The number of carbonyl (C=O) groups excluding carboxylic acids is 1. The highest BCUT2D eigenvalue weighted by atomic mass is 16.3. The monoisotopic (exact) mass is 302 g/mol. The Kier molecular flexibility index (Phi) is 5.61. The number of anilines is 1. The zero-order valence-electron chi connectivity index (χ0n) is 13.5. The first kappa shape index (κ1) is 16.6. The van der Waals surface area contributed by atoms with Crippen LogP contribution in [0.25, 0.3) is 0 Å². The molecule has 2 N–H and O–H groups in total. The Morgan fingerprint density at radius 3 is 2.95 bits per heavy atom. The highest BCUT2D eigenvalue weighted by molar-refractivity contribution is 5.91. The van der Waals surface area contributed by atoms with Crippen molar-refractivity contribution < 1.29 is 9.90 Å². The number of rotatable bonds is 5. The predicted octanol–water partition coefficient (Wildman–Crippen LogP) is 3.53. The van der Waals surface area contributed by atoms with E-state index in [2.05, 4.69) is 31.8 Å². The molecule has 0 unspecified atom stereocenters. The van der Waals surface area contributed by atoms with Gasteiger partial charge in [0, 0.05) is 12.2 Å². The number of aliphatic hydroxyl groups excluding tert-OH is 1. The first-order valence-electron chi connectivity index (χ1n) is 7.99. The molecule has 1 aromatic rings. The average molecular weight is 302 g/mol. The molecule has 1 fully saturated rings. The molecular formula is C18H26N2O2. The highest BCUT2D eigenvalue weighted by Crippen LogP contribution is 2.29. The fourth-order valence-corrected chi connectivity index (χ4v) is 3.05. The molecule has 0 spiro atoms. The van der Waals surface area contributed by atoms with Gasteiger partial charge in [0.05, 0.1) is 12.6 Å². The molecule has 0 aromatic heterocycles. The summed E-state index contributed by atoms with van der Waals surface area (Å²) in [6.07, 6.45) is 4.39. The first-order chi connectivity index (χ1) is 10.6. The number of allylic oxidation sites excluding steroid dienone is 1. The van der Waals surface area contributed by atoms with Crippen LogP contribution >= 0.6 is 0 Å². The van der Waals surface area contributed by atoms with E-state index < -0.39 is 0 Å². The predicted molar refractivity (Wildman–Crippen MR) is 90.3 cm³/mol. The second-order valence-corrected chi connectivity index (χ2v) is 6.13. The molecule has 0 saturated carbocycles. The van der Waals surface area contributed by atoms with Crippen LogP contribution in [0.2, 0.25) is 0 Å². The standard InChI is InChI=1S/C18H26N2O2/c1-4-7-14-8-5-10-16(13(2)3)17(14)19-18(22)20-11-6-9-15(20)12-21/h4-5,8,10,13,15,21H,1,6-7,9,11-12H2,2-3H3,(H,19,22)/t15-/m1/s1. The summed E-state index contributed by atoms with van der Waals surface area (Å²) in [6, 6.07) is 5.93. The van der Waals surface area contributed by atoms with Crippen molar-refractivity contribution in [2.75, 3.05) is 18.5 Å². The van der Waals surface area contributed by atoms with Gasteiger partial charge in [-0.1, -0.05) is 38.1 Å². The van der Waals surface area contributed by atoms with E-state index in [9.17, 15) is 9.90 Å². The van der Waals surface area contributed by atoms with Gasteiger partial charge in [0.25, 0.3) is 0 Å². The number of carbonyl (C=O) groups is 1. The zero-order chi connectivity index (χ0) is 16.1. The van der Waals surface area contributed by atoms with Gasteiger partial charge in [-0.15, -0.1) is 6.58 Å². The molecule has 2 amide bonds. The molecule has 4 heteroatoms. The van der Waals surface area contributed by atoms with Crippen LogP contribution in [0.3, 0.4) is 0 Å². The van der Waals surface area contributed by atoms with Crippen LogP contribution in [0, 0.1) is 0 Å². The van der Waals surface area contributed by atoms with Crippen molar-refractivity contribution in [3.63, 3.8) is 0 Å². The lowest BCUT2D eigenvalue weighted by Gasteiger charge is -2.25. The summed E-state index contributed by atoms with van der Waals surface area (Å²) in [6.45, 7) is 8.77. The molecule has 22 heavy (non-hydrogen) atoms. The van der Waals surface area contributed by atoms with Crippen molar-refractivity contribution in [3.05, 3.63) is 42.0 Å². The van der Waals surface area contributed by atoms with Crippen molar-refractivity contribution in [1.82, 2.24) is 4.90 Å². The Hall–Kier alpha value is -1.81. The summed E-state index contributed by atoms with van der Waals surface area (Å²) < 4.78 is 0. The average Bonchev–Trinajstić information content (AvgIpc) is 2.97. The van der Waals surface area contributed by atoms with E-state index in [1.165, 1.54) is 0 Å². The molecule has 1 aromatic carbocycles. The largest absolute Gasteiger partial charge is 0.394 e. The molecule has 0 radical (unpaired) electrons. The third-order valence-corrected chi connectivity index (χ3v) is 4.25. The third-order valence-electron chi connectivity index (χ3n) is 4.25. The smallest absolute Gasteiger partial charge is 0.322 e. The first-order valence-corrected chi connectivity index (χ1v) is 7.99. The number of para-hydroxylation sites is 1. The Bertz CT molecular complexity index is 540. The van der Waals surface area contributed by atoms with Crippen molar-refractivity contribution in [2.45, 2.75) is 45.1 Å². The number of benzene rings is 1. The molecule has 120 valence electrons. The second-order valence-electron chi connectivity index (χ2n) is 6.13. The van der Waals surface area contributed by atoms with Crippen LogP contribution in [-0.2, 0) is 6.42 Å². The fourth-order valence-electron chi connectivity index (χ4n) is 3.05. The van der Waals surface area contributed by atoms with E-state index in [0.717, 1.165) is 36.1 Å². The van der Waals surface area contributed by atoms with Crippen LogP contribution in [0.4, 0.5) is 10.5 Å². The molecule has 1 aliphatic heterocycles. The maximum Gasteiger partial charge on any atom is 0.322 e. The van der Waals surface area contributed by atoms with Gasteiger partial charge in [0.2, 0.25) is 0 Å². The lowest BCUT2D eigenvalue weighted by atomic mass is 9.96. The Balaban J connectivity index is 2.27. The van der Waals surface area contributed by atoms with Gasteiger partial charge in [-0.3, -0.25) is 0 Å². The highest BCUT2D eigenvalue weighted by Gasteiger charge is 2.28. The lowest BCUT2D eigenvalue weighted by Crippen LogP contribution is -2.40. The number of hydrogen-bond acceptors (Lipinski definition) is 2. The summed E-state index contributed by atoms with van der Waals surface area (Å²) in [5.74, 6) is 0.326. The molecule has 1 aliphatic rings. The summed E-state index contributed by atoms with van der Waals surface area (Å²) in [5, 5.41) is 12.5. The van der Waals surface area contributed by atoms with E-state index in [1.54, 1.807) is 4.90 Å². The zero-order valence-corrected chi connectivity index (χ0v) is 13.5. The fraction of sp³-hybridized carbons (Fsp3) is 0.500. The summed E-state index contributed by atoms with van der Waals surface area (Å²) in [7, 11) is 0. The van der Waals surface area contributed by atoms with E-state index in [4.69, 9.17) is 0 Å². The summed E-state index contributed by atoms with van der Waals surface area (Å²) >= 11 is 0. The molecular weight excluding hydrogens is 276 g/mol. The van der Waals surface area contributed by atoms with Crippen LogP contribution in [0.15, 0.2) is 30.9 Å². The molecule has 1 heterocycles. The molecule has 2 rings (SSSR count). The van der Waals surface area contributed by atoms with Gasteiger partial charge >= 0.3 is 6.03 Å². The minimum atomic E-state index is -0.116. The number of amides is 2. The number of urea groups is 1. The molecule has 0 bridgehead atoms. The van der Waals surface area contributed by atoms with Gasteiger partial charge in [0.15, 0.2) is 0 Å².